The van der Waals surface area contributed by atoms with Crippen LogP contribution in [0.3, 0.4) is 0 Å². The molecule has 0 aliphatic carbocycles. The molecule has 0 atom stereocenters. The summed E-state index contributed by atoms with van der Waals surface area (Å²) in [6.07, 6.45) is 1.51. The summed E-state index contributed by atoms with van der Waals surface area (Å²) in [5.41, 5.74) is 1.79. The van der Waals surface area contributed by atoms with E-state index in [9.17, 15) is 19.2 Å². The van der Waals surface area contributed by atoms with Crippen LogP contribution < -0.4 is 5.32 Å². The molecule has 0 saturated carbocycles. The van der Waals surface area contributed by atoms with Gasteiger partial charge in [-0.2, -0.15) is 5.26 Å². The van der Waals surface area contributed by atoms with Crippen molar-refractivity contribution in [3.05, 3.63) is 82.5 Å². The molecule has 0 aliphatic heterocycles. The molecule has 0 fully saturated rings. The van der Waals surface area contributed by atoms with Crippen LogP contribution in [0.15, 0.2) is 66.2 Å². The molecule has 1 aromatic heterocycles. The van der Waals surface area contributed by atoms with Gasteiger partial charge < -0.3 is 10.2 Å². The van der Waals surface area contributed by atoms with Crippen LogP contribution >= 0.6 is 11.3 Å². The van der Waals surface area contributed by atoms with Gasteiger partial charge in [0, 0.05) is 35.1 Å². The first kappa shape index (κ1) is 21.0. The second-order valence-corrected chi connectivity index (χ2v) is 7.73. The maximum atomic E-state index is 13.1. The van der Waals surface area contributed by atoms with Crippen molar-refractivity contribution >= 4 is 34.9 Å². The molecule has 0 saturated heterocycles. The summed E-state index contributed by atoms with van der Waals surface area (Å²) in [7, 11) is 3.32. The summed E-state index contributed by atoms with van der Waals surface area (Å²) >= 11 is 1.39. The molecule has 5 nitrogen and oxygen atoms in total. The molecule has 0 unspecified atom stereocenters. The van der Waals surface area contributed by atoms with Gasteiger partial charge in [-0.1, -0.05) is 12.1 Å². The average Bonchev–Trinajstić information content (AvgIpc) is 3.21. The molecule has 3 rings (SSSR count). The van der Waals surface area contributed by atoms with E-state index in [2.05, 4.69) is 5.32 Å². The fourth-order valence-corrected chi connectivity index (χ4v) is 3.60. The predicted octanol–water partition coefficient (Wildman–Crippen LogP) is 4.80. The average molecular weight is 419 g/mol. The zero-order valence-electron chi connectivity index (χ0n) is 16.3. The largest absolute Gasteiger partial charge is 0.345 e. The van der Waals surface area contributed by atoms with E-state index in [0.717, 1.165) is 15.3 Å². The number of nitriles is 1. The lowest BCUT2D eigenvalue weighted by atomic mass is 10.1. The lowest BCUT2D eigenvalue weighted by Crippen LogP contribution is -2.21. The third kappa shape index (κ3) is 4.99. The molecule has 0 aliphatic rings. The summed E-state index contributed by atoms with van der Waals surface area (Å²) in [6, 6.07) is 18.2. The fraction of sp³-hybridized carbons (Fsp3) is 0.0870. The van der Waals surface area contributed by atoms with Gasteiger partial charge in [0.25, 0.3) is 11.8 Å². The highest BCUT2D eigenvalue weighted by Crippen LogP contribution is 2.29. The highest BCUT2D eigenvalue weighted by Gasteiger charge is 2.12. The van der Waals surface area contributed by atoms with Gasteiger partial charge in [-0.05, 0) is 60.2 Å². The Morgan fingerprint density at radius 1 is 1.03 bits per heavy atom. The molecular weight excluding hydrogens is 401 g/mol. The monoisotopic (exact) mass is 419 g/mol. The van der Waals surface area contributed by atoms with Gasteiger partial charge in [0.2, 0.25) is 0 Å². The predicted molar refractivity (Wildman–Crippen MR) is 116 cm³/mol. The SMILES string of the molecule is CN(C)C(=O)c1ccc(NC(=O)/C(C#N)=C/c2ccc(-c3ccc(F)cc3)s2)cc1. The standard InChI is InChI=1S/C23H18FN3O2S/c1-27(2)23(29)16-5-9-19(10-6-16)26-22(28)17(14-25)13-20-11-12-21(30-20)15-3-7-18(24)8-4-15/h3-13H,1-2H3,(H,26,28)/b17-13+. The van der Waals surface area contributed by atoms with Gasteiger partial charge in [-0.15, -0.1) is 11.3 Å². The van der Waals surface area contributed by atoms with E-state index in [1.54, 1.807) is 56.6 Å². The van der Waals surface area contributed by atoms with Crippen molar-refractivity contribution in [3.8, 4) is 16.5 Å². The molecule has 0 bridgehead atoms. The number of rotatable bonds is 5. The Kier molecular flexibility index (Phi) is 6.40. The summed E-state index contributed by atoms with van der Waals surface area (Å²) in [6.45, 7) is 0. The molecule has 3 aromatic rings. The van der Waals surface area contributed by atoms with E-state index in [0.29, 0.717) is 11.3 Å². The summed E-state index contributed by atoms with van der Waals surface area (Å²) in [4.78, 5) is 27.5. The molecule has 150 valence electrons. The second kappa shape index (κ2) is 9.16. The minimum atomic E-state index is -0.541. The van der Waals surface area contributed by atoms with Gasteiger partial charge in [-0.3, -0.25) is 9.59 Å². The number of benzene rings is 2. The lowest BCUT2D eigenvalue weighted by Gasteiger charge is -2.10. The number of amides is 2. The van der Waals surface area contributed by atoms with Crippen molar-refractivity contribution in [1.82, 2.24) is 4.90 Å². The van der Waals surface area contributed by atoms with E-state index in [4.69, 9.17) is 0 Å². The third-order valence-corrected chi connectivity index (χ3v) is 5.28. The Morgan fingerprint density at radius 3 is 2.30 bits per heavy atom. The number of nitrogens with zero attached hydrogens (tertiary/aromatic N) is 2. The zero-order valence-corrected chi connectivity index (χ0v) is 17.2. The molecule has 2 amide bonds. The van der Waals surface area contributed by atoms with Crippen LogP contribution in [0.25, 0.3) is 16.5 Å². The number of nitrogens with one attached hydrogen (secondary N) is 1. The smallest absolute Gasteiger partial charge is 0.266 e. The quantitative estimate of drug-likeness (QED) is 0.477. The van der Waals surface area contributed by atoms with Gasteiger partial charge in [0.15, 0.2) is 0 Å². The van der Waals surface area contributed by atoms with E-state index in [1.165, 1.54) is 34.4 Å². The van der Waals surface area contributed by atoms with Crippen molar-refractivity contribution in [2.75, 3.05) is 19.4 Å². The molecule has 2 aromatic carbocycles. The van der Waals surface area contributed by atoms with Crippen LogP contribution in [0.4, 0.5) is 10.1 Å². The van der Waals surface area contributed by atoms with E-state index in [-0.39, 0.29) is 17.3 Å². The molecule has 7 heteroatoms. The van der Waals surface area contributed by atoms with Crippen LogP contribution in [0.1, 0.15) is 15.2 Å². The molecular formula is C23H18FN3O2S. The molecule has 1 heterocycles. The molecule has 30 heavy (non-hydrogen) atoms. The van der Waals surface area contributed by atoms with Crippen LogP contribution in [0.5, 0.6) is 0 Å². The highest BCUT2D eigenvalue weighted by atomic mass is 32.1. The number of carbonyl (C=O) groups is 2. The minimum Gasteiger partial charge on any atom is -0.345 e. The Balaban J connectivity index is 1.73. The maximum absolute atomic E-state index is 13.1. The highest BCUT2D eigenvalue weighted by molar-refractivity contribution is 7.16. The van der Waals surface area contributed by atoms with Crippen LogP contribution in [-0.4, -0.2) is 30.8 Å². The topological polar surface area (TPSA) is 73.2 Å². The molecule has 0 radical (unpaired) electrons. The Labute approximate surface area is 177 Å². The third-order valence-electron chi connectivity index (χ3n) is 4.20. The Morgan fingerprint density at radius 2 is 1.70 bits per heavy atom. The van der Waals surface area contributed by atoms with Crippen molar-refractivity contribution in [1.29, 1.82) is 5.26 Å². The van der Waals surface area contributed by atoms with E-state index in [1.807, 2.05) is 12.1 Å². The first-order valence-corrected chi connectivity index (χ1v) is 9.79. The minimum absolute atomic E-state index is 0.0454. The second-order valence-electron chi connectivity index (χ2n) is 6.61. The number of hydrogen-bond acceptors (Lipinski definition) is 4. The molecule has 1 N–H and O–H groups in total. The summed E-state index contributed by atoms with van der Waals surface area (Å²) in [5.74, 6) is -0.987. The number of halogens is 1. The van der Waals surface area contributed by atoms with Gasteiger partial charge in [0.1, 0.15) is 17.5 Å². The Hall–Kier alpha value is -3.76. The first-order chi connectivity index (χ1) is 14.4. The van der Waals surface area contributed by atoms with Crippen LogP contribution in [0, 0.1) is 17.1 Å². The van der Waals surface area contributed by atoms with Crippen molar-refractivity contribution < 1.29 is 14.0 Å². The van der Waals surface area contributed by atoms with Gasteiger partial charge in [0.05, 0.1) is 0 Å². The van der Waals surface area contributed by atoms with Crippen molar-refractivity contribution in [2.24, 2.45) is 0 Å². The van der Waals surface area contributed by atoms with Crippen molar-refractivity contribution in [2.45, 2.75) is 0 Å². The Bertz CT molecular complexity index is 1140. The summed E-state index contributed by atoms with van der Waals surface area (Å²) < 4.78 is 13.1. The van der Waals surface area contributed by atoms with Crippen LogP contribution in [0.2, 0.25) is 0 Å². The number of anilines is 1. The van der Waals surface area contributed by atoms with Gasteiger partial charge in [-0.25, -0.2) is 4.39 Å². The fourth-order valence-electron chi connectivity index (χ4n) is 2.64. The van der Waals surface area contributed by atoms with Gasteiger partial charge >= 0.3 is 0 Å². The number of thiophene rings is 1. The lowest BCUT2D eigenvalue weighted by molar-refractivity contribution is -0.112. The summed E-state index contributed by atoms with van der Waals surface area (Å²) in [5, 5.41) is 12.1. The van der Waals surface area contributed by atoms with E-state index >= 15 is 0 Å². The number of hydrogen-bond donors (Lipinski definition) is 1. The zero-order chi connectivity index (χ0) is 21.7. The maximum Gasteiger partial charge on any atom is 0.266 e. The van der Waals surface area contributed by atoms with Crippen LogP contribution in [-0.2, 0) is 4.79 Å². The number of carbonyl (C=O) groups excluding carboxylic acids is 2. The normalized spacial score (nSPS) is 10.9. The first-order valence-electron chi connectivity index (χ1n) is 8.98. The van der Waals surface area contributed by atoms with Crippen molar-refractivity contribution in [3.63, 3.8) is 0 Å². The molecule has 0 spiro atoms. The van der Waals surface area contributed by atoms with E-state index < -0.39 is 5.91 Å².